The van der Waals surface area contributed by atoms with E-state index in [1.54, 1.807) is 12.1 Å². The molecule has 0 heterocycles. The van der Waals surface area contributed by atoms with Crippen molar-refractivity contribution in [1.82, 2.24) is 0 Å². The fourth-order valence-electron chi connectivity index (χ4n) is 1.01. The number of ether oxygens (including phenoxy) is 2. The molecule has 0 bridgehead atoms. The highest BCUT2D eigenvalue weighted by Crippen LogP contribution is 2.29. The van der Waals surface area contributed by atoms with Crippen LogP contribution in [-0.2, 0) is 0 Å². The van der Waals surface area contributed by atoms with Crippen molar-refractivity contribution in [3.05, 3.63) is 23.8 Å². The third kappa shape index (κ3) is 3.30. The van der Waals surface area contributed by atoms with Crippen LogP contribution in [0.5, 0.6) is 11.5 Å². The van der Waals surface area contributed by atoms with Crippen LogP contribution in [0.25, 0.3) is 0 Å². The van der Waals surface area contributed by atoms with Gasteiger partial charge in [0.15, 0.2) is 16.5 Å². The van der Waals surface area contributed by atoms with Crippen LogP contribution in [0.2, 0.25) is 0 Å². The highest BCUT2D eigenvalue weighted by molar-refractivity contribution is 9.09. The van der Waals surface area contributed by atoms with Crippen LogP contribution in [0.4, 0.5) is 0 Å². The van der Waals surface area contributed by atoms with Gasteiger partial charge in [-0.2, -0.15) is 0 Å². The quantitative estimate of drug-likeness (QED) is 0.479. The van der Waals surface area contributed by atoms with Crippen LogP contribution in [0, 0.1) is 12.5 Å². The molecule has 4 heteroatoms. The fourth-order valence-corrected chi connectivity index (χ4v) is 1.21. The number of halogens is 1. The third-order valence-electron chi connectivity index (χ3n) is 1.56. The van der Waals surface area contributed by atoms with E-state index in [1.165, 1.54) is 6.07 Å². The molecule has 0 saturated carbocycles. The van der Waals surface area contributed by atoms with Crippen LogP contribution < -0.4 is 9.47 Å². The second kappa shape index (κ2) is 5.42. The Hall–Kier alpha value is -1.47. The first-order valence-corrected chi connectivity index (χ1v) is 5.11. The largest absolute Gasteiger partial charge is 0.476 e. The zero-order chi connectivity index (χ0) is 11.3. The number of aldehydes is 1. The lowest BCUT2D eigenvalue weighted by molar-refractivity contribution is 0.112. The highest BCUT2D eigenvalue weighted by atomic mass is 79.9. The highest BCUT2D eigenvalue weighted by Gasteiger charge is 2.08. The van der Waals surface area contributed by atoms with Crippen molar-refractivity contribution >= 4 is 22.2 Å². The van der Waals surface area contributed by atoms with Gasteiger partial charge in [0.25, 0.3) is 0 Å². The summed E-state index contributed by atoms with van der Waals surface area (Å²) in [5.41, 5.74) is 0.481. The monoisotopic (exact) mass is 268 g/mol. The van der Waals surface area contributed by atoms with Gasteiger partial charge in [-0.05, 0) is 41.1 Å². The normalized spacial score (nSPS) is 11.3. The van der Waals surface area contributed by atoms with E-state index in [2.05, 4.69) is 15.9 Å². The fraction of sp³-hybridized carbons (Fsp3) is 0.182. The van der Waals surface area contributed by atoms with Crippen LogP contribution in [0.1, 0.15) is 17.3 Å². The molecule has 1 atom stereocenters. The van der Waals surface area contributed by atoms with Crippen LogP contribution in [-0.4, -0.2) is 11.3 Å². The van der Waals surface area contributed by atoms with Gasteiger partial charge in [-0.3, -0.25) is 4.79 Å². The third-order valence-corrected chi connectivity index (χ3v) is 1.75. The molecule has 1 aromatic carbocycles. The zero-order valence-corrected chi connectivity index (χ0v) is 9.65. The van der Waals surface area contributed by atoms with Gasteiger partial charge >= 0.3 is 0 Å². The van der Waals surface area contributed by atoms with Crippen molar-refractivity contribution in [2.45, 2.75) is 11.9 Å². The summed E-state index contributed by atoms with van der Waals surface area (Å²) >= 11 is 3.23. The van der Waals surface area contributed by atoms with Crippen molar-refractivity contribution in [2.75, 3.05) is 0 Å². The summed E-state index contributed by atoms with van der Waals surface area (Å²) in [6.45, 7) is 1.81. The van der Waals surface area contributed by atoms with E-state index in [-0.39, 0.29) is 5.01 Å². The van der Waals surface area contributed by atoms with E-state index < -0.39 is 0 Å². The van der Waals surface area contributed by atoms with Crippen molar-refractivity contribution in [3.63, 3.8) is 0 Å². The summed E-state index contributed by atoms with van der Waals surface area (Å²) in [5, 5.41) is -0.167. The smallest absolute Gasteiger partial charge is 0.182 e. The van der Waals surface area contributed by atoms with Crippen LogP contribution in [0.3, 0.4) is 0 Å². The van der Waals surface area contributed by atoms with Crippen molar-refractivity contribution in [1.29, 1.82) is 0 Å². The van der Waals surface area contributed by atoms with E-state index in [1.807, 2.05) is 13.0 Å². The zero-order valence-electron chi connectivity index (χ0n) is 8.07. The molecule has 0 amide bonds. The van der Waals surface area contributed by atoms with Crippen molar-refractivity contribution in [3.8, 4) is 24.0 Å². The first-order chi connectivity index (χ1) is 7.17. The summed E-state index contributed by atoms with van der Waals surface area (Å²) in [7, 11) is 0. The summed E-state index contributed by atoms with van der Waals surface area (Å²) in [4.78, 5) is 10.5. The molecule has 0 spiro atoms. The maximum atomic E-state index is 10.5. The summed E-state index contributed by atoms with van der Waals surface area (Å²) in [5.74, 6) is 0.844. The SMILES string of the molecule is C#COc1cc(C=O)ccc1OC(C)Br. The number of rotatable bonds is 4. The van der Waals surface area contributed by atoms with E-state index in [0.717, 1.165) is 0 Å². The molecule has 1 unspecified atom stereocenters. The van der Waals surface area contributed by atoms with Crippen molar-refractivity contribution < 1.29 is 14.3 Å². The van der Waals surface area contributed by atoms with E-state index in [4.69, 9.17) is 15.9 Å². The Morgan fingerprint density at radius 2 is 2.27 bits per heavy atom. The van der Waals surface area contributed by atoms with Crippen molar-refractivity contribution in [2.24, 2.45) is 0 Å². The van der Waals surface area contributed by atoms with Crippen LogP contribution >= 0.6 is 15.9 Å². The Morgan fingerprint density at radius 3 is 2.80 bits per heavy atom. The number of benzene rings is 1. The Bertz CT molecular complexity index is 393. The van der Waals surface area contributed by atoms with E-state index in [0.29, 0.717) is 23.3 Å². The van der Waals surface area contributed by atoms with E-state index >= 15 is 0 Å². The van der Waals surface area contributed by atoms with E-state index in [9.17, 15) is 4.79 Å². The molecular weight excluding hydrogens is 260 g/mol. The molecule has 78 valence electrons. The van der Waals surface area contributed by atoms with Gasteiger partial charge in [-0.15, -0.1) is 0 Å². The minimum absolute atomic E-state index is 0.167. The second-order valence-electron chi connectivity index (χ2n) is 2.70. The number of carbonyl (C=O) groups is 1. The standard InChI is InChI=1S/C11H9BrO3/c1-3-14-11-6-9(7-13)4-5-10(11)15-8(2)12/h1,4-8H,2H3. The molecule has 1 rings (SSSR count). The maximum absolute atomic E-state index is 10.5. The average molecular weight is 269 g/mol. The molecule has 3 nitrogen and oxygen atoms in total. The van der Waals surface area contributed by atoms with Gasteiger partial charge in [0.1, 0.15) is 12.4 Å². The summed E-state index contributed by atoms with van der Waals surface area (Å²) in [6.07, 6.45) is 7.77. The van der Waals surface area contributed by atoms with Gasteiger partial charge in [0, 0.05) is 5.56 Å². The number of terminal acetylenes is 1. The number of hydrogen-bond acceptors (Lipinski definition) is 3. The molecule has 1 aromatic rings. The molecule has 0 aliphatic heterocycles. The minimum atomic E-state index is -0.167. The molecule has 0 aliphatic carbocycles. The first kappa shape index (κ1) is 11.6. The molecule has 0 aromatic heterocycles. The van der Waals surface area contributed by atoms with Gasteiger partial charge in [-0.1, -0.05) is 6.42 Å². The summed E-state index contributed by atoms with van der Waals surface area (Å²) < 4.78 is 10.3. The number of carbonyl (C=O) groups excluding carboxylic acids is 1. The predicted molar refractivity (Wildman–Crippen MR) is 60.3 cm³/mol. The molecule has 15 heavy (non-hydrogen) atoms. The lowest BCUT2D eigenvalue weighted by Gasteiger charge is -2.11. The molecule has 0 fully saturated rings. The Balaban J connectivity index is 3.04. The number of hydrogen-bond donors (Lipinski definition) is 0. The van der Waals surface area contributed by atoms with Gasteiger partial charge in [0.05, 0.1) is 0 Å². The average Bonchev–Trinajstić information content (AvgIpc) is 2.20. The molecule has 0 N–H and O–H groups in total. The predicted octanol–water partition coefficient (Wildman–Crippen LogP) is 2.59. The lowest BCUT2D eigenvalue weighted by atomic mass is 10.2. The topological polar surface area (TPSA) is 35.5 Å². The molecule has 0 aliphatic rings. The molecular formula is C11H9BrO3. The number of alkyl halides is 1. The second-order valence-corrected chi connectivity index (χ2v) is 3.99. The maximum Gasteiger partial charge on any atom is 0.182 e. The Morgan fingerprint density at radius 1 is 1.53 bits per heavy atom. The van der Waals surface area contributed by atoms with Crippen LogP contribution in [0.15, 0.2) is 18.2 Å². The molecule has 0 radical (unpaired) electrons. The minimum Gasteiger partial charge on any atom is -0.476 e. The Kier molecular flexibility index (Phi) is 4.19. The Labute approximate surface area is 96.5 Å². The van der Waals surface area contributed by atoms with Gasteiger partial charge < -0.3 is 9.47 Å². The van der Waals surface area contributed by atoms with Gasteiger partial charge in [0.2, 0.25) is 0 Å². The summed E-state index contributed by atoms with van der Waals surface area (Å²) in [6, 6.07) is 4.78. The molecule has 0 saturated heterocycles. The first-order valence-electron chi connectivity index (χ1n) is 4.19. The van der Waals surface area contributed by atoms with Gasteiger partial charge in [-0.25, -0.2) is 0 Å². The lowest BCUT2D eigenvalue weighted by Crippen LogP contribution is -2.03.